The van der Waals surface area contributed by atoms with Crippen LogP contribution < -0.4 is 0 Å². The molecule has 0 aromatic rings. The summed E-state index contributed by atoms with van der Waals surface area (Å²) >= 11 is 0. The van der Waals surface area contributed by atoms with Crippen molar-refractivity contribution in [1.82, 2.24) is 0 Å². The van der Waals surface area contributed by atoms with E-state index in [-0.39, 0.29) is 12.7 Å². The van der Waals surface area contributed by atoms with E-state index in [9.17, 15) is 0 Å². The highest BCUT2D eigenvalue weighted by molar-refractivity contribution is 4.72. The van der Waals surface area contributed by atoms with E-state index < -0.39 is 0 Å². The summed E-state index contributed by atoms with van der Waals surface area (Å²) in [5.41, 5.74) is 0. The van der Waals surface area contributed by atoms with E-state index in [1.165, 1.54) is 25.7 Å². The first-order chi connectivity index (χ1) is 5.86. The molecule has 2 unspecified atom stereocenters. The van der Waals surface area contributed by atoms with Gasteiger partial charge in [-0.2, -0.15) is 0 Å². The highest BCUT2D eigenvalue weighted by Crippen LogP contribution is 2.23. The van der Waals surface area contributed by atoms with Crippen molar-refractivity contribution >= 4 is 0 Å². The molecule has 1 heterocycles. The van der Waals surface area contributed by atoms with Crippen LogP contribution in [0, 0.1) is 0 Å². The van der Waals surface area contributed by atoms with Gasteiger partial charge >= 0.3 is 0 Å². The van der Waals surface area contributed by atoms with Crippen LogP contribution >= 0.6 is 0 Å². The second-order valence-electron chi connectivity index (χ2n) is 3.64. The summed E-state index contributed by atoms with van der Waals surface area (Å²) in [5, 5.41) is 8.83. The van der Waals surface area contributed by atoms with Crippen LogP contribution in [0.2, 0.25) is 0 Å². The highest BCUT2D eigenvalue weighted by atomic mass is 16.5. The van der Waals surface area contributed by atoms with Crippen molar-refractivity contribution in [2.24, 2.45) is 0 Å². The van der Waals surface area contributed by atoms with Crippen molar-refractivity contribution in [3.8, 4) is 0 Å². The molecule has 0 saturated carbocycles. The van der Waals surface area contributed by atoms with Gasteiger partial charge in [0.2, 0.25) is 0 Å². The number of aliphatic hydroxyl groups is 1. The van der Waals surface area contributed by atoms with Gasteiger partial charge in [-0.25, -0.2) is 0 Å². The lowest BCUT2D eigenvalue weighted by molar-refractivity contribution is 0.00762. The third kappa shape index (κ3) is 3.11. The lowest BCUT2D eigenvalue weighted by atomic mass is 10.1. The van der Waals surface area contributed by atoms with Crippen LogP contribution in [0.5, 0.6) is 0 Å². The Morgan fingerprint density at radius 3 is 2.58 bits per heavy atom. The van der Waals surface area contributed by atoms with Gasteiger partial charge in [0.05, 0.1) is 18.8 Å². The number of hydrogen-bond acceptors (Lipinski definition) is 2. The van der Waals surface area contributed by atoms with Gasteiger partial charge in [-0.05, 0) is 19.3 Å². The molecule has 2 nitrogen and oxygen atoms in total. The molecular formula is C10H20O2. The van der Waals surface area contributed by atoms with E-state index in [2.05, 4.69) is 6.92 Å². The van der Waals surface area contributed by atoms with Gasteiger partial charge in [0.25, 0.3) is 0 Å². The maximum Gasteiger partial charge on any atom is 0.0810 e. The maximum absolute atomic E-state index is 8.83. The molecule has 72 valence electrons. The number of hydrogen-bond donors (Lipinski definition) is 1. The van der Waals surface area contributed by atoms with Crippen molar-refractivity contribution in [2.75, 3.05) is 6.61 Å². The molecule has 2 atom stereocenters. The predicted molar refractivity (Wildman–Crippen MR) is 49.1 cm³/mol. The minimum absolute atomic E-state index is 0.136. The minimum Gasteiger partial charge on any atom is -0.394 e. The number of ether oxygens (including phenoxy) is 1. The quantitative estimate of drug-likeness (QED) is 0.643. The fourth-order valence-corrected chi connectivity index (χ4v) is 1.75. The minimum atomic E-state index is 0.136. The van der Waals surface area contributed by atoms with E-state index in [1.807, 2.05) is 0 Å². The van der Waals surface area contributed by atoms with E-state index >= 15 is 0 Å². The summed E-state index contributed by atoms with van der Waals surface area (Å²) in [6, 6.07) is 0. The first kappa shape index (κ1) is 10.0. The summed E-state index contributed by atoms with van der Waals surface area (Å²) in [6.45, 7) is 2.41. The van der Waals surface area contributed by atoms with Crippen LogP contribution in [0.15, 0.2) is 0 Å². The van der Waals surface area contributed by atoms with Gasteiger partial charge in [0, 0.05) is 0 Å². The molecule has 1 aliphatic heterocycles. The van der Waals surface area contributed by atoms with Gasteiger partial charge in [0.15, 0.2) is 0 Å². The fourth-order valence-electron chi connectivity index (χ4n) is 1.75. The summed E-state index contributed by atoms with van der Waals surface area (Å²) < 4.78 is 5.61. The van der Waals surface area contributed by atoms with Gasteiger partial charge in [0.1, 0.15) is 0 Å². The molecule has 0 bridgehead atoms. The summed E-state index contributed by atoms with van der Waals surface area (Å²) in [7, 11) is 0. The highest BCUT2D eigenvalue weighted by Gasteiger charge is 2.23. The molecule has 1 N–H and O–H groups in total. The van der Waals surface area contributed by atoms with Crippen LogP contribution in [0.4, 0.5) is 0 Å². The molecule has 0 spiro atoms. The molecule has 1 aliphatic rings. The second-order valence-corrected chi connectivity index (χ2v) is 3.64. The van der Waals surface area contributed by atoms with Gasteiger partial charge in [-0.15, -0.1) is 0 Å². The zero-order chi connectivity index (χ0) is 8.81. The largest absolute Gasteiger partial charge is 0.394 e. The third-order valence-electron chi connectivity index (χ3n) is 2.53. The predicted octanol–water partition coefficient (Wildman–Crippen LogP) is 2.11. The molecule has 2 heteroatoms. The van der Waals surface area contributed by atoms with E-state index in [0.717, 1.165) is 12.8 Å². The number of aliphatic hydroxyl groups excluding tert-OH is 1. The Hall–Kier alpha value is -0.0800. The van der Waals surface area contributed by atoms with Gasteiger partial charge in [-0.3, -0.25) is 0 Å². The third-order valence-corrected chi connectivity index (χ3v) is 2.53. The zero-order valence-corrected chi connectivity index (χ0v) is 7.96. The van der Waals surface area contributed by atoms with Gasteiger partial charge in [-0.1, -0.05) is 26.2 Å². The maximum atomic E-state index is 8.83. The standard InChI is InChI=1S/C10H20O2/c1-2-3-4-5-9-6-7-10(8-11)12-9/h9-11H,2-8H2,1H3. The van der Waals surface area contributed by atoms with E-state index in [1.54, 1.807) is 0 Å². The first-order valence-electron chi connectivity index (χ1n) is 5.13. The molecule has 1 rings (SSSR count). The molecule has 0 aliphatic carbocycles. The average molecular weight is 172 g/mol. The van der Waals surface area contributed by atoms with Crippen molar-refractivity contribution < 1.29 is 9.84 Å². The Bertz CT molecular complexity index is 114. The fraction of sp³-hybridized carbons (Fsp3) is 1.00. The topological polar surface area (TPSA) is 29.5 Å². The number of unbranched alkanes of at least 4 members (excludes halogenated alkanes) is 2. The molecule has 12 heavy (non-hydrogen) atoms. The Balaban J connectivity index is 2.03. The van der Waals surface area contributed by atoms with Crippen LogP contribution in [0.25, 0.3) is 0 Å². The second kappa shape index (κ2) is 5.55. The molecule has 0 aromatic carbocycles. The lowest BCUT2D eigenvalue weighted by Gasteiger charge is -2.10. The Morgan fingerprint density at radius 1 is 1.25 bits per heavy atom. The van der Waals surface area contributed by atoms with Crippen LogP contribution in [0.3, 0.4) is 0 Å². The Morgan fingerprint density at radius 2 is 2.00 bits per heavy atom. The normalized spacial score (nSPS) is 29.5. The van der Waals surface area contributed by atoms with Crippen molar-refractivity contribution in [3.63, 3.8) is 0 Å². The van der Waals surface area contributed by atoms with Crippen LogP contribution in [-0.2, 0) is 4.74 Å². The lowest BCUT2D eigenvalue weighted by Crippen LogP contribution is -2.14. The van der Waals surface area contributed by atoms with Crippen molar-refractivity contribution in [2.45, 2.75) is 57.7 Å². The Labute approximate surface area is 74.9 Å². The SMILES string of the molecule is CCCCCC1CCC(CO)O1. The van der Waals surface area contributed by atoms with Gasteiger partial charge < -0.3 is 9.84 Å². The molecule has 0 radical (unpaired) electrons. The first-order valence-corrected chi connectivity index (χ1v) is 5.13. The summed E-state index contributed by atoms with van der Waals surface area (Å²) in [5.74, 6) is 0. The van der Waals surface area contributed by atoms with Crippen molar-refractivity contribution in [3.05, 3.63) is 0 Å². The molecule has 1 saturated heterocycles. The van der Waals surface area contributed by atoms with Crippen LogP contribution in [0.1, 0.15) is 45.4 Å². The molecule has 0 aromatic heterocycles. The van der Waals surface area contributed by atoms with Crippen LogP contribution in [-0.4, -0.2) is 23.9 Å². The van der Waals surface area contributed by atoms with E-state index in [0.29, 0.717) is 6.10 Å². The van der Waals surface area contributed by atoms with E-state index in [4.69, 9.17) is 9.84 Å². The monoisotopic (exact) mass is 172 g/mol. The Kier molecular flexibility index (Phi) is 4.62. The molecule has 0 amide bonds. The molecule has 1 fully saturated rings. The van der Waals surface area contributed by atoms with Crippen molar-refractivity contribution in [1.29, 1.82) is 0 Å². The summed E-state index contributed by atoms with van der Waals surface area (Å²) in [6.07, 6.45) is 7.82. The average Bonchev–Trinajstić information content (AvgIpc) is 2.53. The number of rotatable bonds is 5. The smallest absolute Gasteiger partial charge is 0.0810 e. The summed E-state index contributed by atoms with van der Waals surface area (Å²) in [4.78, 5) is 0. The zero-order valence-electron chi connectivity index (χ0n) is 7.96. The molecular weight excluding hydrogens is 152 g/mol.